The minimum atomic E-state index is -3.47. The second kappa shape index (κ2) is 4.52. The van der Waals surface area contributed by atoms with E-state index in [4.69, 9.17) is 0 Å². The maximum absolute atomic E-state index is 12.3. The predicted molar refractivity (Wildman–Crippen MR) is 75.1 cm³/mol. The molecular weight excluding hydrogens is 300 g/mol. The second-order valence-corrected chi connectivity index (χ2v) is 8.66. The van der Waals surface area contributed by atoms with Crippen LogP contribution in [0.2, 0.25) is 0 Å². The second-order valence-electron chi connectivity index (χ2n) is 5.36. The smallest absolute Gasteiger partial charge is 0.256 e. The highest BCUT2D eigenvalue weighted by Crippen LogP contribution is 2.38. The van der Waals surface area contributed by atoms with Gasteiger partial charge >= 0.3 is 0 Å². The molecule has 0 saturated heterocycles. The van der Waals surface area contributed by atoms with Crippen molar-refractivity contribution in [3.8, 4) is 0 Å². The van der Waals surface area contributed by atoms with Crippen LogP contribution in [0.1, 0.15) is 25.7 Å². The average molecular weight is 316 g/mol. The number of nitrogens with one attached hydrogen (secondary N) is 1. The molecule has 0 unspecified atom stereocenters. The summed E-state index contributed by atoms with van der Waals surface area (Å²) in [6.45, 7) is 0. The summed E-state index contributed by atoms with van der Waals surface area (Å²) in [6, 6.07) is 3.15. The lowest BCUT2D eigenvalue weighted by Gasteiger charge is -2.14. The first kappa shape index (κ1) is 14.0. The summed E-state index contributed by atoms with van der Waals surface area (Å²) >= 11 is 1.01. The summed E-state index contributed by atoms with van der Waals surface area (Å²) in [5.74, 6) is -0.459. The van der Waals surface area contributed by atoms with Crippen LogP contribution in [0.25, 0.3) is 0 Å². The summed E-state index contributed by atoms with van der Waals surface area (Å²) in [4.78, 5) is 11.7. The molecule has 1 aromatic rings. The molecule has 1 aromatic heterocycles. The van der Waals surface area contributed by atoms with Crippen LogP contribution in [-0.4, -0.2) is 42.4 Å². The van der Waals surface area contributed by atoms with E-state index < -0.39 is 21.5 Å². The van der Waals surface area contributed by atoms with E-state index in [9.17, 15) is 18.3 Å². The van der Waals surface area contributed by atoms with Crippen LogP contribution in [0.5, 0.6) is 0 Å². The molecule has 2 N–H and O–H groups in total. The topological polar surface area (TPSA) is 86.7 Å². The van der Waals surface area contributed by atoms with Crippen molar-refractivity contribution in [2.45, 2.75) is 41.5 Å². The number of anilines is 1. The zero-order valence-corrected chi connectivity index (χ0v) is 12.6. The summed E-state index contributed by atoms with van der Waals surface area (Å²) in [5, 5.41) is 12.7. The fourth-order valence-electron chi connectivity index (χ4n) is 1.88. The molecule has 1 heterocycles. The van der Waals surface area contributed by atoms with E-state index >= 15 is 0 Å². The molecule has 0 atom stereocenters. The van der Waals surface area contributed by atoms with Crippen molar-refractivity contribution in [2.24, 2.45) is 0 Å². The molecule has 8 heteroatoms. The number of carbonyl (C=O) groups is 1. The summed E-state index contributed by atoms with van der Waals surface area (Å²) < 4.78 is 26.2. The predicted octanol–water partition coefficient (Wildman–Crippen LogP) is 0.994. The number of amides is 1. The molecule has 3 rings (SSSR count). The summed E-state index contributed by atoms with van der Waals surface area (Å²) in [7, 11) is -1.89. The van der Waals surface area contributed by atoms with Crippen molar-refractivity contribution in [3.05, 3.63) is 12.1 Å². The number of sulfonamides is 1. The molecule has 0 radical (unpaired) electrons. The van der Waals surface area contributed by atoms with Crippen LogP contribution in [-0.2, 0) is 14.8 Å². The lowest BCUT2D eigenvalue weighted by Crippen LogP contribution is -2.29. The Morgan fingerprint density at radius 1 is 1.45 bits per heavy atom. The molecule has 2 aliphatic carbocycles. The Bertz CT molecular complexity index is 644. The molecule has 0 aliphatic heterocycles. The Morgan fingerprint density at radius 2 is 2.10 bits per heavy atom. The molecule has 0 spiro atoms. The van der Waals surface area contributed by atoms with Crippen molar-refractivity contribution >= 4 is 32.3 Å². The first-order valence-electron chi connectivity index (χ1n) is 6.45. The van der Waals surface area contributed by atoms with Gasteiger partial charge in [-0.05, 0) is 37.8 Å². The third kappa shape index (κ3) is 2.48. The van der Waals surface area contributed by atoms with Gasteiger partial charge in [-0.3, -0.25) is 4.79 Å². The minimum Gasteiger partial charge on any atom is -0.380 e. The Morgan fingerprint density at radius 3 is 2.65 bits per heavy atom. The van der Waals surface area contributed by atoms with Gasteiger partial charge in [-0.25, -0.2) is 8.42 Å². The molecule has 2 aliphatic rings. The quantitative estimate of drug-likeness (QED) is 0.848. The van der Waals surface area contributed by atoms with E-state index in [1.165, 1.54) is 10.4 Å². The number of nitrogens with zero attached hydrogens (tertiary/aromatic N) is 1. The first-order valence-corrected chi connectivity index (χ1v) is 8.70. The number of thiophene rings is 1. The van der Waals surface area contributed by atoms with Crippen LogP contribution >= 0.6 is 11.3 Å². The van der Waals surface area contributed by atoms with Crippen LogP contribution in [0, 0.1) is 0 Å². The lowest BCUT2D eigenvalue weighted by atomic mass is 10.3. The summed E-state index contributed by atoms with van der Waals surface area (Å²) in [5.41, 5.74) is -1.26. The first-order chi connectivity index (χ1) is 9.33. The van der Waals surface area contributed by atoms with Gasteiger partial charge in [-0.2, -0.15) is 4.31 Å². The van der Waals surface area contributed by atoms with Crippen LogP contribution in [0.3, 0.4) is 0 Å². The van der Waals surface area contributed by atoms with Gasteiger partial charge < -0.3 is 10.4 Å². The fraction of sp³-hybridized carbons (Fsp3) is 0.583. The van der Waals surface area contributed by atoms with Gasteiger partial charge in [0.15, 0.2) is 0 Å². The normalized spacial score (nSPS) is 20.9. The lowest BCUT2D eigenvalue weighted by molar-refractivity contribution is -0.125. The zero-order valence-electron chi connectivity index (χ0n) is 11.0. The van der Waals surface area contributed by atoms with Crippen molar-refractivity contribution in [3.63, 3.8) is 0 Å². The van der Waals surface area contributed by atoms with Gasteiger partial charge in [0.2, 0.25) is 0 Å². The number of carbonyl (C=O) groups excluding carboxylic acids is 1. The Labute approximate surface area is 121 Å². The van der Waals surface area contributed by atoms with Crippen molar-refractivity contribution < 1.29 is 18.3 Å². The molecule has 0 aromatic carbocycles. The van der Waals surface area contributed by atoms with E-state index in [1.54, 1.807) is 13.1 Å². The number of hydrogen-bond acceptors (Lipinski definition) is 5. The number of aliphatic hydroxyl groups is 1. The van der Waals surface area contributed by atoms with Gasteiger partial charge in [-0.1, -0.05) is 0 Å². The van der Waals surface area contributed by atoms with E-state index in [-0.39, 0.29) is 10.3 Å². The monoisotopic (exact) mass is 316 g/mol. The molecule has 6 nitrogen and oxygen atoms in total. The Balaban J connectivity index is 1.74. The van der Waals surface area contributed by atoms with Gasteiger partial charge in [0.05, 0.1) is 5.00 Å². The minimum absolute atomic E-state index is 0.104. The summed E-state index contributed by atoms with van der Waals surface area (Å²) in [6.07, 6.45) is 2.72. The fourth-order valence-corrected chi connectivity index (χ4v) is 4.68. The molecule has 1 amide bonds. The number of rotatable bonds is 5. The molecular formula is C12H16N2O4S2. The van der Waals surface area contributed by atoms with E-state index in [0.717, 1.165) is 24.2 Å². The van der Waals surface area contributed by atoms with Gasteiger partial charge in [0, 0.05) is 13.1 Å². The Kier molecular flexibility index (Phi) is 3.16. The highest BCUT2D eigenvalue weighted by atomic mass is 32.2. The standard InChI is InChI=1S/C12H16N2O4S2/c1-14(8-2-3-8)20(17,18)10-5-4-9(19-10)13-11(15)12(16)6-7-12/h4-5,8,16H,2-3,6-7H2,1H3,(H,13,15). The van der Waals surface area contributed by atoms with E-state index in [1.807, 2.05) is 0 Å². The SMILES string of the molecule is CN(C1CC1)S(=O)(=O)c1ccc(NC(=O)C2(O)CC2)s1. The molecule has 0 bridgehead atoms. The zero-order chi connectivity index (χ0) is 14.5. The maximum atomic E-state index is 12.3. The third-order valence-corrected chi connectivity index (χ3v) is 7.04. The van der Waals surface area contributed by atoms with Crippen molar-refractivity contribution in [1.82, 2.24) is 4.31 Å². The highest BCUT2D eigenvalue weighted by molar-refractivity contribution is 7.91. The van der Waals surface area contributed by atoms with Gasteiger partial charge in [-0.15, -0.1) is 11.3 Å². The molecule has 110 valence electrons. The Hall–Kier alpha value is -0.960. The molecule has 2 fully saturated rings. The molecule has 20 heavy (non-hydrogen) atoms. The van der Waals surface area contributed by atoms with Crippen LogP contribution in [0.15, 0.2) is 16.3 Å². The third-order valence-electron chi connectivity index (χ3n) is 3.66. The highest BCUT2D eigenvalue weighted by Gasteiger charge is 2.48. The van der Waals surface area contributed by atoms with Crippen LogP contribution in [0.4, 0.5) is 5.00 Å². The van der Waals surface area contributed by atoms with E-state index in [2.05, 4.69) is 5.32 Å². The number of hydrogen-bond donors (Lipinski definition) is 2. The largest absolute Gasteiger partial charge is 0.380 e. The van der Waals surface area contributed by atoms with Gasteiger partial charge in [0.25, 0.3) is 15.9 Å². The van der Waals surface area contributed by atoms with E-state index in [0.29, 0.717) is 17.8 Å². The van der Waals surface area contributed by atoms with Crippen molar-refractivity contribution in [1.29, 1.82) is 0 Å². The average Bonchev–Trinajstić information content (AvgIpc) is 3.30. The molecule has 2 saturated carbocycles. The van der Waals surface area contributed by atoms with Crippen molar-refractivity contribution in [2.75, 3.05) is 12.4 Å². The maximum Gasteiger partial charge on any atom is 0.256 e. The van der Waals surface area contributed by atoms with Gasteiger partial charge in [0.1, 0.15) is 9.81 Å². The van der Waals surface area contributed by atoms with Crippen LogP contribution < -0.4 is 5.32 Å².